The van der Waals surface area contributed by atoms with Crippen molar-refractivity contribution in [1.82, 2.24) is 10.9 Å². The Labute approximate surface area is 166 Å². The summed E-state index contributed by atoms with van der Waals surface area (Å²) in [6.45, 7) is 0. The van der Waals surface area contributed by atoms with Gasteiger partial charge in [-0.1, -0.05) is 24.3 Å². The van der Waals surface area contributed by atoms with Crippen LogP contribution in [-0.4, -0.2) is 18.3 Å². The molecule has 2 aromatic rings. The lowest BCUT2D eigenvalue weighted by molar-refractivity contribution is -0.384. The van der Waals surface area contributed by atoms with E-state index in [0.717, 1.165) is 5.56 Å². The molecule has 148 valence electrons. The number of methoxy groups -OCH3 is 1. The van der Waals surface area contributed by atoms with E-state index < -0.39 is 11.2 Å². The van der Waals surface area contributed by atoms with Gasteiger partial charge in [0.05, 0.1) is 23.6 Å². The third-order valence-corrected chi connectivity index (χ3v) is 5.34. The van der Waals surface area contributed by atoms with Crippen molar-refractivity contribution < 1.29 is 14.4 Å². The summed E-state index contributed by atoms with van der Waals surface area (Å²) >= 11 is 0. The summed E-state index contributed by atoms with van der Waals surface area (Å²) in [5.41, 5.74) is 14.1. The van der Waals surface area contributed by atoms with Crippen LogP contribution < -0.4 is 21.3 Å². The van der Waals surface area contributed by atoms with E-state index in [1.165, 1.54) is 12.1 Å². The molecular weight excluding hydrogens is 374 g/mol. The Balaban J connectivity index is 1.82. The van der Waals surface area contributed by atoms with E-state index in [2.05, 4.69) is 16.9 Å². The number of benzene rings is 2. The number of nitriles is 1. The van der Waals surface area contributed by atoms with Gasteiger partial charge in [-0.15, -0.1) is 0 Å². The van der Waals surface area contributed by atoms with Crippen LogP contribution in [0.1, 0.15) is 23.1 Å². The Morgan fingerprint density at radius 3 is 2.69 bits per heavy atom. The number of nitro groups is 1. The van der Waals surface area contributed by atoms with Gasteiger partial charge >= 0.3 is 0 Å². The second-order valence-electron chi connectivity index (χ2n) is 6.88. The third kappa shape index (κ3) is 3.24. The predicted octanol–water partition coefficient (Wildman–Crippen LogP) is 2.20. The van der Waals surface area contributed by atoms with Crippen LogP contribution in [-0.2, 0) is 4.74 Å². The lowest BCUT2D eigenvalue weighted by Gasteiger charge is -2.36. The highest BCUT2D eigenvalue weighted by molar-refractivity contribution is 5.45. The average Bonchev–Trinajstić information content (AvgIpc) is 3.16. The second kappa shape index (κ2) is 7.43. The molecule has 1 saturated heterocycles. The number of nitro benzene ring substituents is 1. The molecule has 4 unspecified atom stereocenters. The molecule has 0 bridgehead atoms. The van der Waals surface area contributed by atoms with Gasteiger partial charge in [0.1, 0.15) is 11.8 Å². The van der Waals surface area contributed by atoms with Gasteiger partial charge in [0.15, 0.2) is 6.23 Å². The number of rotatable bonds is 4. The Hall–Kier alpha value is -3.61. The van der Waals surface area contributed by atoms with Gasteiger partial charge in [-0.2, -0.15) is 5.26 Å². The number of nitrogens with one attached hydrogen (secondary N) is 2. The first-order valence-corrected chi connectivity index (χ1v) is 8.99. The molecule has 4 atom stereocenters. The van der Waals surface area contributed by atoms with Crippen LogP contribution in [0, 0.1) is 27.4 Å². The first-order chi connectivity index (χ1) is 14.0. The zero-order valence-corrected chi connectivity index (χ0v) is 15.5. The first kappa shape index (κ1) is 18.7. The lowest BCUT2D eigenvalue weighted by Crippen LogP contribution is -2.40. The summed E-state index contributed by atoms with van der Waals surface area (Å²) in [5, 5.41) is 21.0. The van der Waals surface area contributed by atoms with E-state index in [4.69, 9.17) is 15.2 Å². The number of fused-ring (bicyclic) bond motifs is 1. The van der Waals surface area contributed by atoms with Crippen molar-refractivity contribution in [3.63, 3.8) is 0 Å². The molecule has 2 aromatic carbocycles. The molecule has 9 heteroatoms. The monoisotopic (exact) mass is 393 g/mol. The van der Waals surface area contributed by atoms with Gasteiger partial charge in [-0.3, -0.25) is 10.1 Å². The van der Waals surface area contributed by atoms with Crippen LogP contribution in [0.4, 0.5) is 5.69 Å². The molecule has 0 amide bonds. The highest BCUT2D eigenvalue weighted by Crippen LogP contribution is 2.48. The summed E-state index contributed by atoms with van der Waals surface area (Å²) in [6, 6.07) is 15.7. The quantitative estimate of drug-likeness (QED) is 0.531. The van der Waals surface area contributed by atoms with Crippen molar-refractivity contribution >= 4 is 5.69 Å². The van der Waals surface area contributed by atoms with E-state index >= 15 is 0 Å². The molecule has 29 heavy (non-hydrogen) atoms. The molecule has 0 aromatic heterocycles. The molecule has 2 heterocycles. The third-order valence-electron chi connectivity index (χ3n) is 5.34. The Morgan fingerprint density at radius 1 is 1.21 bits per heavy atom. The van der Waals surface area contributed by atoms with Gasteiger partial charge in [0.25, 0.3) is 5.69 Å². The molecular formula is C20H19N5O4. The average molecular weight is 393 g/mol. The number of ether oxygens (including phenoxy) is 2. The maximum absolute atomic E-state index is 11.2. The highest BCUT2D eigenvalue weighted by Gasteiger charge is 2.49. The minimum atomic E-state index is -0.507. The fraction of sp³-hybridized carbons (Fsp3) is 0.250. The van der Waals surface area contributed by atoms with Crippen molar-refractivity contribution in [1.29, 1.82) is 5.26 Å². The van der Waals surface area contributed by atoms with Crippen LogP contribution in [0.15, 0.2) is 60.0 Å². The van der Waals surface area contributed by atoms with Crippen molar-refractivity contribution in [3.05, 3.63) is 81.2 Å². The Kier molecular flexibility index (Phi) is 4.80. The SMILES string of the molecule is COc1cccc(C2C(C#N)=C(N)OC3NNC(c4cccc([N+](=O)[O-])c4)C32)c1. The van der Waals surface area contributed by atoms with Crippen LogP contribution >= 0.6 is 0 Å². The molecule has 0 aliphatic carbocycles. The molecule has 0 radical (unpaired) electrons. The molecule has 2 aliphatic rings. The van der Waals surface area contributed by atoms with E-state index in [1.807, 2.05) is 30.3 Å². The molecule has 4 rings (SSSR count). The van der Waals surface area contributed by atoms with Crippen LogP contribution in [0.25, 0.3) is 0 Å². The van der Waals surface area contributed by atoms with Crippen LogP contribution in [0.3, 0.4) is 0 Å². The largest absolute Gasteiger partial charge is 0.497 e. The number of nitrogens with zero attached hydrogens (tertiary/aromatic N) is 2. The summed E-state index contributed by atoms with van der Waals surface area (Å²) in [7, 11) is 1.58. The van der Waals surface area contributed by atoms with Gasteiger partial charge in [0.2, 0.25) is 5.88 Å². The minimum absolute atomic E-state index is 0.00188. The van der Waals surface area contributed by atoms with E-state index in [-0.39, 0.29) is 29.4 Å². The van der Waals surface area contributed by atoms with Gasteiger partial charge < -0.3 is 15.2 Å². The van der Waals surface area contributed by atoms with Crippen molar-refractivity contribution in [2.75, 3.05) is 7.11 Å². The number of non-ortho nitro benzene ring substituents is 1. The zero-order chi connectivity index (χ0) is 20.5. The normalized spacial score (nSPS) is 25.7. The number of hydrazine groups is 1. The van der Waals surface area contributed by atoms with Gasteiger partial charge in [-0.05, 0) is 23.3 Å². The summed E-state index contributed by atoms with van der Waals surface area (Å²) in [4.78, 5) is 10.8. The fourth-order valence-corrected chi connectivity index (χ4v) is 4.05. The lowest BCUT2D eigenvalue weighted by atomic mass is 9.74. The summed E-state index contributed by atoms with van der Waals surface area (Å²) < 4.78 is 11.1. The number of hydrogen-bond acceptors (Lipinski definition) is 8. The van der Waals surface area contributed by atoms with Gasteiger partial charge in [0, 0.05) is 24.0 Å². The first-order valence-electron chi connectivity index (χ1n) is 8.99. The topological polar surface area (TPSA) is 135 Å². The number of nitrogens with two attached hydrogens (primary N) is 1. The molecule has 9 nitrogen and oxygen atoms in total. The smallest absolute Gasteiger partial charge is 0.269 e. The van der Waals surface area contributed by atoms with E-state index in [0.29, 0.717) is 16.9 Å². The van der Waals surface area contributed by atoms with Crippen molar-refractivity contribution in [2.24, 2.45) is 11.7 Å². The molecule has 2 aliphatic heterocycles. The fourth-order valence-electron chi connectivity index (χ4n) is 4.05. The Morgan fingerprint density at radius 2 is 1.97 bits per heavy atom. The molecule has 0 saturated carbocycles. The predicted molar refractivity (Wildman–Crippen MR) is 103 cm³/mol. The summed E-state index contributed by atoms with van der Waals surface area (Å²) in [5.74, 6) is 0.0643. The molecule has 0 spiro atoms. The van der Waals surface area contributed by atoms with E-state index in [9.17, 15) is 15.4 Å². The van der Waals surface area contributed by atoms with Crippen LogP contribution in [0.5, 0.6) is 5.75 Å². The molecule has 4 N–H and O–H groups in total. The zero-order valence-electron chi connectivity index (χ0n) is 15.5. The van der Waals surface area contributed by atoms with Crippen LogP contribution in [0.2, 0.25) is 0 Å². The molecule has 1 fully saturated rings. The number of hydrogen-bond donors (Lipinski definition) is 3. The Bertz CT molecular complexity index is 1030. The maximum atomic E-state index is 11.2. The van der Waals surface area contributed by atoms with Crippen molar-refractivity contribution in [2.45, 2.75) is 18.2 Å². The highest BCUT2D eigenvalue weighted by atomic mass is 16.6. The maximum Gasteiger partial charge on any atom is 0.269 e. The van der Waals surface area contributed by atoms with Crippen molar-refractivity contribution in [3.8, 4) is 11.8 Å². The summed E-state index contributed by atoms with van der Waals surface area (Å²) in [6.07, 6.45) is -0.507. The standard InChI is InChI=1S/C20H19N5O4/c1-28-14-7-3-4-11(9-14)16-15(10-21)19(22)29-20-17(16)18(23-24-20)12-5-2-6-13(8-12)25(26)27/h2-9,16-18,20,23-24H,22H2,1H3. The van der Waals surface area contributed by atoms with Gasteiger partial charge in [-0.25, -0.2) is 10.9 Å². The minimum Gasteiger partial charge on any atom is -0.497 e. The second-order valence-corrected chi connectivity index (χ2v) is 6.88. The van der Waals surface area contributed by atoms with E-state index in [1.54, 1.807) is 13.2 Å². The number of allylic oxidation sites excluding steroid dienone is 1.